The van der Waals surface area contributed by atoms with Crippen LogP contribution < -0.4 is 5.32 Å². The molecule has 0 amide bonds. The summed E-state index contributed by atoms with van der Waals surface area (Å²) in [5.41, 5.74) is 5.63. The molecule has 0 fully saturated rings. The van der Waals surface area contributed by atoms with Crippen LogP contribution in [0, 0.1) is 0 Å². The molecule has 1 aliphatic rings. The maximum absolute atomic E-state index is 7.07. The number of para-hydroxylation sites is 1. The largest absolute Gasteiger partial charge is 0.356 e. The molecule has 6 rings (SSSR count). The molecule has 1 N–H and O–H groups in total. The topological polar surface area (TPSA) is 34.1 Å². The van der Waals surface area contributed by atoms with Gasteiger partial charge in [0.15, 0.2) is 6.23 Å². The predicted octanol–water partition coefficient (Wildman–Crippen LogP) is 6.67. The lowest BCUT2D eigenvalue weighted by Gasteiger charge is -2.44. The van der Waals surface area contributed by atoms with Gasteiger partial charge in [0.25, 0.3) is 0 Å². The Morgan fingerprint density at radius 2 is 1.38 bits per heavy atom. The number of fused-ring (bicyclic) bond motifs is 2. The number of benzene rings is 4. The number of nitrogens with zero attached hydrogens (tertiary/aromatic N) is 1. The minimum Gasteiger partial charge on any atom is -0.356 e. The van der Waals surface area contributed by atoms with E-state index in [-0.39, 0.29) is 6.23 Å². The summed E-state index contributed by atoms with van der Waals surface area (Å²) in [6.07, 6.45) is 1.49. The molecule has 154 valence electrons. The van der Waals surface area contributed by atoms with E-state index in [1.807, 2.05) is 24.4 Å². The van der Waals surface area contributed by atoms with E-state index in [2.05, 4.69) is 107 Å². The molecule has 1 aliphatic heterocycles. The number of hydrogen-bond donors (Lipinski definition) is 1. The van der Waals surface area contributed by atoms with Crippen LogP contribution in [0.25, 0.3) is 10.9 Å². The van der Waals surface area contributed by atoms with Gasteiger partial charge in [0.1, 0.15) is 5.60 Å². The lowest BCUT2D eigenvalue weighted by Crippen LogP contribution is -2.40. The first kappa shape index (κ1) is 18.8. The molecule has 0 aliphatic carbocycles. The van der Waals surface area contributed by atoms with Crippen molar-refractivity contribution in [3.63, 3.8) is 0 Å². The minimum atomic E-state index is -0.742. The van der Waals surface area contributed by atoms with Crippen molar-refractivity contribution in [3.8, 4) is 0 Å². The molecule has 1 aromatic heterocycles. The lowest BCUT2D eigenvalue weighted by molar-refractivity contribution is -0.0431. The lowest BCUT2D eigenvalue weighted by atomic mass is 9.78. The van der Waals surface area contributed by atoms with Gasteiger partial charge >= 0.3 is 0 Å². The first-order valence-electron chi connectivity index (χ1n) is 10.8. The Morgan fingerprint density at radius 1 is 0.688 bits per heavy atom. The van der Waals surface area contributed by atoms with Crippen LogP contribution in [0.1, 0.15) is 28.5 Å². The Labute approximate surface area is 187 Å². The molecule has 1 atom stereocenters. The summed E-state index contributed by atoms with van der Waals surface area (Å²) in [6.45, 7) is 0. The Bertz CT molecular complexity index is 1340. The van der Waals surface area contributed by atoms with Gasteiger partial charge in [-0.1, -0.05) is 97.1 Å². The van der Waals surface area contributed by atoms with E-state index in [4.69, 9.17) is 4.74 Å². The highest BCUT2D eigenvalue weighted by atomic mass is 16.5. The first-order chi connectivity index (χ1) is 15.8. The van der Waals surface area contributed by atoms with Crippen molar-refractivity contribution < 1.29 is 4.74 Å². The number of hydrogen-bond acceptors (Lipinski definition) is 3. The van der Waals surface area contributed by atoms with E-state index in [1.165, 1.54) is 0 Å². The van der Waals surface area contributed by atoms with Gasteiger partial charge in [-0.05, 0) is 29.3 Å². The zero-order chi connectivity index (χ0) is 21.4. The van der Waals surface area contributed by atoms with Gasteiger partial charge in [-0.15, -0.1) is 0 Å². The number of anilines is 1. The molecular weight excluding hydrogens is 392 g/mol. The van der Waals surface area contributed by atoms with E-state index in [1.54, 1.807) is 0 Å². The Hall–Kier alpha value is -3.95. The summed E-state index contributed by atoms with van der Waals surface area (Å²) in [6, 6.07) is 39.8. The highest BCUT2D eigenvalue weighted by molar-refractivity contribution is 5.79. The maximum atomic E-state index is 7.07. The number of rotatable bonds is 3. The molecule has 0 unspecified atom stereocenters. The van der Waals surface area contributed by atoms with Gasteiger partial charge < -0.3 is 10.1 Å². The van der Waals surface area contributed by atoms with Gasteiger partial charge in [-0.3, -0.25) is 4.98 Å². The molecule has 2 heterocycles. The Morgan fingerprint density at radius 3 is 2.12 bits per heavy atom. The van der Waals surface area contributed by atoms with Crippen LogP contribution in [0.3, 0.4) is 0 Å². The maximum Gasteiger partial charge on any atom is 0.156 e. The van der Waals surface area contributed by atoms with Gasteiger partial charge in [0.05, 0.1) is 5.52 Å². The average molecular weight is 415 g/mol. The second kappa shape index (κ2) is 7.63. The molecule has 3 heteroatoms. The van der Waals surface area contributed by atoms with Crippen LogP contribution in [0.2, 0.25) is 0 Å². The molecular formula is C29H22N2O. The monoisotopic (exact) mass is 414 g/mol. The van der Waals surface area contributed by atoms with Crippen LogP contribution in [0.5, 0.6) is 0 Å². The van der Waals surface area contributed by atoms with Crippen molar-refractivity contribution in [2.45, 2.75) is 11.8 Å². The normalized spacial score (nSPS) is 16.8. The number of ether oxygens (including phenoxy) is 1. The molecule has 5 aromatic rings. The standard InChI is InChI=1S/C29H22N2O/c1-3-11-23(12-4-1)29(24-13-5-2-6-14-24)25-15-7-8-16-26(25)31-28(32-29)22-18-17-21-10-9-19-30-27(21)20-22/h1-20,28,31H/t28-/m1/s1. The van der Waals surface area contributed by atoms with Crippen molar-refractivity contribution in [3.05, 3.63) is 144 Å². The molecule has 32 heavy (non-hydrogen) atoms. The average Bonchev–Trinajstić information content (AvgIpc) is 2.88. The van der Waals surface area contributed by atoms with Crippen molar-refractivity contribution >= 4 is 16.6 Å². The van der Waals surface area contributed by atoms with E-state index < -0.39 is 5.60 Å². The SMILES string of the molecule is c1ccc(C2(c3ccccc3)O[C@H](c3ccc4cccnc4c3)Nc3ccccc32)cc1. The van der Waals surface area contributed by atoms with Crippen molar-refractivity contribution in [2.24, 2.45) is 0 Å². The Balaban J connectivity index is 1.59. The fourth-order valence-electron chi connectivity index (χ4n) is 4.68. The zero-order valence-electron chi connectivity index (χ0n) is 17.5. The third-order valence-electron chi connectivity index (χ3n) is 6.18. The number of aromatic nitrogens is 1. The minimum absolute atomic E-state index is 0.336. The van der Waals surface area contributed by atoms with Crippen molar-refractivity contribution in [1.29, 1.82) is 0 Å². The van der Waals surface area contributed by atoms with E-state index in [0.717, 1.165) is 38.8 Å². The molecule has 0 radical (unpaired) electrons. The molecule has 0 bridgehead atoms. The second-order valence-electron chi connectivity index (χ2n) is 8.06. The highest BCUT2D eigenvalue weighted by Gasteiger charge is 2.44. The predicted molar refractivity (Wildman–Crippen MR) is 128 cm³/mol. The highest BCUT2D eigenvalue weighted by Crippen LogP contribution is 2.50. The molecule has 0 saturated carbocycles. The second-order valence-corrected chi connectivity index (χ2v) is 8.06. The van der Waals surface area contributed by atoms with E-state index in [9.17, 15) is 0 Å². The molecule has 0 spiro atoms. The summed E-state index contributed by atoms with van der Waals surface area (Å²) < 4.78 is 7.07. The molecule has 0 saturated heterocycles. The first-order valence-corrected chi connectivity index (χ1v) is 10.8. The third kappa shape index (κ3) is 2.98. The molecule has 3 nitrogen and oxygen atoms in total. The van der Waals surface area contributed by atoms with Crippen LogP contribution in [0.15, 0.2) is 121 Å². The summed E-state index contributed by atoms with van der Waals surface area (Å²) in [7, 11) is 0. The van der Waals surface area contributed by atoms with Gasteiger partial charge in [-0.2, -0.15) is 0 Å². The van der Waals surface area contributed by atoms with Crippen LogP contribution >= 0.6 is 0 Å². The van der Waals surface area contributed by atoms with Crippen LogP contribution in [0.4, 0.5) is 5.69 Å². The zero-order valence-corrected chi connectivity index (χ0v) is 17.5. The fraction of sp³-hybridized carbons (Fsp3) is 0.0690. The summed E-state index contributed by atoms with van der Waals surface area (Å²) in [5, 5.41) is 4.74. The van der Waals surface area contributed by atoms with Crippen LogP contribution in [-0.2, 0) is 10.3 Å². The number of nitrogens with one attached hydrogen (secondary N) is 1. The Kier molecular flexibility index (Phi) is 4.48. The van der Waals surface area contributed by atoms with Gasteiger partial charge in [0, 0.05) is 28.4 Å². The quantitative estimate of drug-likeness (QED) is 0.358. The van der Waals surface area contributed by atoms with Crippen LogP contribution in [-0.4, -0.2) is 4.98 Å². The van der Waals surface area contributed by atoms with E-state index >= 15 is 0 Å². The summed E-state index contributed by atoms with van der Waals surface area (Å²) >= 11 is 0. The fourth-order valence-corrected chi connectivity index (χ4v) is 4.68. The van der Waals surface area contributed by atoms with Gasteiger partial charge in [0.2, 0.25) is 0 Å². The van der Waals surface area contributed by atoms with Gasteiger partial charge in [-0.25, -0.2) is 0 Å². The van der Waals surface area contributed by atoms with E-state index in [0.29, 0.717) is 0 Å². The summed E-state index contributed by atoms with van der Waals surface area (Å²) in [4.78, 5) is 4.55. The van der Waals surface area contributed by atoms with Crippen molar-refractivity contribution in [1.82, 2.24) is 4.98 Å². The number of pyridine rings is 1. The smallest absolute Gasteiger partial charge is 0.156 e. The van der Waals surface area contributed by atoms with Crippen molar-refractivity contribution in [2.75, 3.05) is 5.32 Å². The molecule has 4 aromatic carbocycles. The third-order valence-corrected chi connectivity index (χ3v) is 6.18. The summed E-state index contributed by atoms with van der Waals surface area (Å²) in [5.74, 6) is 0.